The number of benzene rings is 1. The van der Waals surface area contributed by atoms with Crippen LogP contribution in [-0.2, 0) is 0 Å². The topological polar surface area (TPSA) is 17.1 Å². The highest BCUT2D eigenvalue weighted by molar-refractivity contribution is 9.10. The summed E-state index contributed by atoms with van der Waals surface area (Å²) < 4.78 is 13.6. The molecule has 3 heteroatoms. The van der Waals surface area contributed by atoms with E-state index in [4.69, 9.17) is 0 Å². The summed E-state index contributed by atoms with van der Waals surface area (Å²) >= 11 is 3.23. The number of allylic oxidation sites excluding steroid dienone is 1. The number of unbranched alkanes of at least 4 members (excludes halogenated alkanes) is 1. The van der Waals surface area contributed by atoms with Crippen molar-refractivity contribution in [3.8, 4) is 0 Å². The molecule has 0 heterocycles. The van der Waals surface area contributed by atoms with E-state index < -0.39 is 0 Å². The maximum Gasteiger partial charge on any atom is 0.164 e. The molecule has 0 radical (unpaired) electrons. The first-order valence-electron chi connectivity index (χ1n) is 4.74. The average molecular weight is 271 g/mol. The van der Waals surface area contributed by atoms with Crippen molar-refractivity contribution in [2.75, 3.05) is 0 Å². The maximum absolute atomic E-state index is 12.9. The van der Waals surface area contributed by atoms with E-state index in [0.717, 1.165) is 12.8 Å². The van der Waals surface area contributed by atoms with E-state index in [1.165, 1.54) is 12.1 Å². The molecule has 1 aromatic rings. The van der Waals surface area contributed by atoms with Gasteiger partial charge in [0.2, 0.25) is 0 Å². The van der Waals surface area contributed by atoms with E-state index in [1.807, 2.05) is 0 Å². The van der Waals surface area contributed by atoms with Crippen molar-refractivity contribution in [2.45, 2.75) is 19.3 Å². The van der Waals surface area contributed by atoms with Crippen molar-refractivity contribution in [1.82, 2.24) is 0 Å². The molecule has 80 valence electrons. The van der Waals surface area contributed by atoms with Crippen molar-refractivity contribution in [1.29, 1.82) is 0 Å². The van der Waals surface area contributed by atoms with Gasteiger partial charge in [0, 0.05) is 16.5 Å². The van der Waals surface area contributed by atoms with E-state index in [-0.39, 0.29) is 11.6 Å². The third kappa shape index (κ3) is 3.59. The Bertz CT molecular complexity index is 374. The average Bonchev–Trinajstić information content (AvgIpc) is 2.22. The van der Waals surface area contributed by atoms with E-state index in [2.05, 4.69) is 22.5 Å². The van der Waals surface area contributed by atoms with Crippen LogP contribution in [-0.4, -0.2) is 5.78 Å². The molecule has 0 bridgehead atoms. The van der Waals surface area contributed by atoms with Crippen molar-refractivity contribution in [3.63, 3.8) is 0 Å². The van der Waals surface area contributed by atoms with E-state index in [9.17, 15) is 9.18 Å². The minimum atomic E-state index is -0.384. The third-order valence-corrected chi connectivity index (χ3v) is 2.73. The predicted octanol–water partition coefficient (Wildman–Crippen LogP) is 4.13. The zero-order chi connectivity index (χ0) is 11.3. The first kappa shape index (κ1) is 12.1. The van der Waals surface area contributed by atoms with E-state index >= 15 is 0 Å². The molecule has 0 atom stereocenters. The Morgan fingerprint density at radius 3 is 2.93 bits per heavy atom. The summed E-state index contributed by atoms with van der Waals surface area (Å²) in [7, 11) is 0. The molecule has 0 aliphatic heterocycles. The summed E-state index contributed by atoms with van der Waals surface area (Å²) in [5.74, 6) is -0.423. The second-order valence-corrected chi connectivity index (χ2v) is 4.08. The molecule has 0 aliphatic carbocycles. The lowest BCUT2D eigenvalue weighted by Crippen LogP contribution is -2.00. The highest BCUT2D eigenvalue weighted by atomic mass is 79.9. The smallest absolute Gasteiger partial charge is 0.164 e. The van der Waals surface area contributed by atoms with Gasteiger partial charge in [-0.05, 0) is 31.0 Å². The van der Waals surface area contributed by atoms with Crippen LogP contribution in [0.1, 0.15) is 29.6 Å². The summed E-state index contributed by atoms with van der Waals surface area (Å²) in [4.78, 5) is 11.7. The number of halogens is 2. The lowest BCUT2D eigenvalue weighted by Gasteiger charge is -2.03. The maximum atomic E-state index is 12.9. The van der Waals surface area contributed by atoms with Crippen LogP contribution in [0.25, 0.3) is 0 Å². The van der Waals surface area contributed by atoms with Gasteiger partial charge in [0.1, 0.15) is 5.82 Å². The monoisotopic (exact) mass is 270 g/mol. The Hall–Kier alpha value is -0.960. The predicted molar refractivity (Wildman–Crippen MR) is 62.5 cm³/mol. The van der Waals surface area contributed by atoms with Gasteiger partial charge in [-0.1, -0.05) is 22.0 Å². The van der Waals surface area contributed by atoms with Gasteiger partial charge in [-0.25, -0.2) is 4.39 Å². The molecule has 0 spiro atoms. The van der Waals surface area contributed by atoms with Crippen LogP contribution < -0.4 is 0 Å². The Labute approximate surface area is 97.1 Å². The van der Waals surface area contributed by atoms with Crippen molar-refractivity contribution in [3.05, 3.63) is 46.7 Å². The molecule has 0 N–H and O–H groups in total. The summed E-state index contributed by atoms with van der Waals surface area (Å²) in [5.41, 5.74) is 0.416. The van der Waals surface area contributed by atoms with E-state index in [1.54, 1.807) is 12.1 Å². The molecular weight excluding hydrogens is 259 g/mol. The Balaban J connectivity index is 2.72. The van der Waals surface area contributed by atoms with Gasteiger partial charge in [0.05, 0.1) is 0 Å². The largest absolute Gasteiger partial charge is 0.294 e. The highest BCUT2D eigenvalue weighted by Gasteiger charge is 2.10. The fourth-order valence-electron chi connectivity index (χ4n) is 1.25. The Morgan fingerprint density at radius 2 is 2.27 bits per heavy atom. The van der Waals surface area contributed by atoms with Crippen LogP contribution >= 0.6 is 15.9 Å². The van der Waals surface area contributed by atoms with Crippen molar-refractivity contribution in [2.24, 2.45) is 0 Å². The molecule has 15 heavy (non-hydrogen) atoms. The summed E-state index contributed by atoms with van der Waals surface area (Å²) in [6, 6.07) is 4.14. The van der Waals surface area contributed by atoms with Gasteiger partial charge >= 0.3 is 0 Å². The summed E-state index contributed by atoms with van der Waals surface area (Å²) in [6.45, 7) is 3.58. The van der Waals surface area contributed by atoms with Gasteiger partial charge in [-0.15, -0.1) is 6.58 Å². The van der Waals surface area contributed by atoms with Gasteiger partial charge in [0.15, 0.2) is 5.78 Å². The molecule has 1 rings (SSSR count). The van der Waals surface area contributed by atoms with E-state index in [0.29, 0.717) is 16.5 Å². The number of carbonyl (C=O) groups excluding carboxylic acids is 1. The molecule has 1 aromatic carbocycles. The molecule has 0 fully saturated rings. The minimum absolute atomic E-state index is 0.0387. The van der Waals surface area contributed by atoms with Crippen molar-refractivity contribution < 1.29 is 9.18 Å². The zero-order valence-electron chi connectivity index (χ0n) is 8.30. The van der Waals surface area contributed by atoms with Gasteiger partial charge in [-0.2, -0.15) is 0 Å². The molecule has 0 saturated carbocycles. The number of ketones is 1. The number of hydrogen-bond donors (Lipinski definition) is 0. The fourth-order valence-corrected chi connectivity index (χ4v) is 1.72. The Kier molecular flexibility index (Phi) is 4.69. The molecule has 0 amide bonds. The minimum Gasteiger partial charge on any atom is -0.294 e. The zero-order valence-corrected chi connectivity index (χ0v) is 9.89. The van der Waals surface area contributed by atoms with Crippen LogP contribution in [0, 0.1) is 5.82 Å². The fraction of sp³-hybridized carbons (Fsp3) is 0.250. The second kappa shape index (κ2) is 5.81. The lowest BCUT2D eigenvalue weighted by molar-refractivity contribution is 0.0979. The van der Waals surface area contributed by atoms with Gasteiger partial charge < -0.3 is 0 Å². The molecular formula is C12H12BrFO. The van der Waals surface area contributed by atoms with Crippen LogP contribution in [0.3, 0.4) is 0 Å². The third-order valence-electron chi connectivity index (χ3n) is 2.04. The van der Waals surface area contributed by atoms with Crippen LogP contribution in [0.15, 0.2) is 35.3 Å². The molecule has 0 unspecified atom stereocenters. The standard InChI is InChI=1S/C12H12BrFO/c1-2-3-4-5-12(15)10-8-9(14)6-7-11(10)13/h2,6-8H,1,3-5H2. The number of rotatable bonds is 5. The van der Waals surface area contributed by atoms with Crippen LogP contribution in [0.5, 0.6) is 0 Å². The normalized spacial score (nSPS) is 10.0. The summed E-state index contributed by atoms with van der Waals surface area (Å²) in [6.07, 6.45) is 3.76. The Morgan fingerprint density at radius 1 is 1.53 bits per heavy atom. The summed E-state index contributed by atoms with van der Waals surface area (Å²) in [5, 5.41) is 0. The van der Waals surface area contributed by atoms with Gasteiger partial charge in [0.25, 0.3) is 0 Å². The number of Topliss-reactive ketones (excluding diaryl/α,β-unsaturated/α-hetero) is 1. The first-order chi connectivity index (χ1) is 7.15. The van der Waals surface area contributed by atoms with Crippen molar-refractivity contribution >= 4 is 21.7 Å². The second-order valence-electron chi connectivity index (χ2n) is 3.23. The molecule has 0 aromatic heterocycles. The quantitative estimate of drug-likeness (QED) is 0.447. The van der Waals surface area contributed by atoms with Gasteiger partial charge in [-0.3, -0.25) is 4.79 Å². The number of hydrogen-bond acceptors (Lipinski definition) is 1. The molecule has 0 aliphatic rings. The van der Waals surface area contributed by atoms with Crippen LogP contribution in [0.2, 0.25) is 0 Å². The molecule has 0 saturated heterocycles. The lowest BCUT2D eigenvalue weighted by atomic mass is 10.1. The highest BCUT2D eigenvalue weighted by Crippen LogP contribution is 2.20. The molecule has 1 nitrogen and oxygen atoms in total. The SMILES string of the molecule is C=CCCCC(=O)c1cc(F)ccc1Br. The first-order valence-corrected chi connectivity index (χ1v) is 5.53. The van der Waals surface area contributed by atoms with Crippen LogP contribution in [0.4, 0.5) is 4.39 Å². The number of carbonyl (C=O) groups is 1.